The van der Waals surface area contributed by atoms with Gasteiger partial charge in [-0.3, -0.25) is 5.32 Å². The number of hydrogen-bond donors (Lipinski definition) is 1. The molecule has 0 spiro atoms. The molecule has 0 aromatic rings. The lowest BCUT2D eigenvalue weighted by atomic mass is 9.70. The largest absolute Gasteiger partial charge is 0.360 e. The lowest BCUT2D eigenvalue weighted by Crippen LogP contribution is -2.51. The van der Waals surface area contributed by atoms with Crippen LogP contribution in [0.25, 0.3) is 0 Å². The van der Waals surface area contributed by atoms with Crippen molar-refractivity contribution >= 4 is 0 Å². The van der Waals surface area contributed by atoms with E-state index in [9.17, 15) is 0 Å². The van der Waals surface area contributed by atoms with Gasteiger partial charge in [0, 0.05) is 12.6 Å². The van der Waals surface area contributed by atoms with Crippen LogP contribution in [0, 0.1) is 11.3 Å². The van der Waals surface area contributed by atoms with E-state index in [-0.39, 0.29) is 0 Å². The minimum absolute atomic E-state index is 0.496. The Kier molecular flexibility index (Phi) is 3.29. The maximum absolute atomic E-state index is 3.51. The number of hydrogen-bond acceptors (Lipinski definition) is 2. The third kappa shape index (κ3) is 2.60. The fourth-order valence-corrected chi connectivity index (χ4v) is 3.61. The molecule has 16 heavy (non-hydrogen) atoms. The molecule has 1 fully saturated rings. The molecule has 2 heteroatoms. The summed E-state index contributed by atoms with van der Waals surface area (Å²) in [6.07, 6.45) is 9.10. The van der Waals surface area contributed by atoms with Crippen LogP contribution in [-0.2, 0) is 0 Å². The van der Waals surface area contributed by atoms with Crippen molar-refractivity contribution in [1.82, 2.24) is 10.2 Å². The molecule has 0 aromatic heterocycles. The highest BCUT2D eigenvalue weighted by atomic mass is 15.3. The van der Waals surface area contributed by atoms with E-state index >= 15 is 0 Å². The molecule has 1 heterocycles. The Bertz CT molecular complexity index is 270. The van der Waals surface area contributed by atoms with Crippen LogP contribution in [0.2, 0.25) is 0 Å². The molecule has 1 N–H and O–H groups in total. The minimum atomic E-state index is 0.496. The Labute approximate surface area is 100 Å². The minimum Gasteiger partial charge on any atom is -0.360 e. The maximum atomic E-state index is 3.51. The molecular weight excluding hydrogens is 196 g/mol. The van der Waals surface area contributed by atoms with E-state index < -0.39 is 0 Å². The van der Waals surface area contributed by atoms with Crippen LogP contribution in [0.5, 0.6) is 0 Å². The van der Waals surface area contributed by atoms with Gasteiger partial charge in [0.25, 0.3) is 0 Å². The van der Waals surface area contributed by atoms with Crippen molar-refractivity contribution in [2.75, 3.05) is 6.54 Å². The normalized spacial score (nSPS) is 38.8. The third-order valence-electron chi connectivity index (χ3n) is 4.04. The molecule has 3 unspecified atom stereocenters. The first-order valence-corrected chi connectivity index (χ1v) is 6.65. The lowest BCUT2D eigenvalue weighted by molar-refractivity contribution is 0.0641. The predicted molar refractivity (Wildman–Crippen MR) is 69.0 cm³/mol. The summed E-state index contributed by atoms with van der Waals surface area (Å²) in [5, 5.41) is 3.51. The van der Waals surface area contributed by atoms with Crippen LogP contribution in [0.3, 0.4) is 0 Å². The summed E-state index contributed by atoms with van der Waals surface area (Å²) < 4.78 is 0. The molecule has 92 valence electrons. The second-order valence-corrected chi connectivity index (χ2v) is 6.48. The van der Waals surface area contributed by atoms with Crippen molar-refractivity contribution in [3.8, 4) is 0 Å². The van der Waals surface area contributed by atoms with E-state index in [0.29, 0.717) is 11.6 Å². The molecule has 2 rings (SSSR count). The van der Waals surface area contributed by atoms with Gasteiger partial charge in [0.2, 0.25) is 0 Å². The molecule has 0 radical (unpaired) electrons. The van der Waals surface area contributed by atoms with Crippen LogP contribution in [0.1, 0.15) is 47.0 Å². The van der Waals surface area contributed by atoms with Crippen molar-refractivity contribution in [2.45, 2.75) is 59.2 Å². The van der Waals surface area contributed by atoms with E-state index in [1.807, 2.05) is 0 Å². The number of nitrogens with one attached hydrogen (secondary N) is 1. The average Bonchev–Trinajstić information content (AvgIpc) is 2.15. The molecule has 0 saturated heterocycles. The summed E-state index contributed by atoms with van der Waals surface area (Å²) in [4.78, 5) is 2.53. The zero-order valence-corrected chi connectivity index (χ0v) is 11.2. The van der Waals surface area contributed by atoms with Gasteiger partial charge in [-0.1, -0.05) is 26.8 Å². The fourth-order valence-electron chi connectivity index (χ4n) is 3.61. The van der Waals surface area contributed by atoms with Crippen LogP contribution < -0.4 is 5.32 Å². The first-order chi connectivity index (χ1) is 7.48. The molecule has 0 bridgehead atoms. The number of rotatable bonds is 1. The Morgan fingerprint density at radius 1 is 1.25 bits per heavy atom. The zero-order valence-electron chi connectivity index (χ0n) is 11.2. The van der Waals surface area contributed by atoms with Crippen LogP contribution in [-0.4, -0.2) is 23.7 Å². The van der Waals surface area contributed by atoms with Gasteiger partial charge < -0.3 is 4.90 Å². The third-order valence-corrected chi connectivity index (χ3v) is 4.04. The van der Waals surface area contributed by atoms with Crippen molar-refractivity contribution in [3.63, 3.8) is 0 Å². The molecule has 2 aliphatic rings. The Morgan fingerprint density at radius 2 is 2.00 bits per heavy atom. The topological polar surface area (TPSA) is 15.3 Å². The zero-order chi connectivity index (χ0) is 11.8. The summed E-state index contributed by atoms with van der Waals surface area (Å²) in [5.74, 6) is 0.858. The Balaban J connectivity index is 2.08. The quantitative estimate of drug-likeness (QED) is 0.734. The highest BCUT2D eigenvalue weighted by molar-refractivity contribution is 4.98. The van der Waals surface area contributed by atoms with Crippen LogP contribution in [0.4, 0.5) is 0 Å². The van der Waals surface area contributed by atoms with Gasteiger partial charge in [-0.2, -0.15) is 0 Å². The van der Waals surface area contributed by atoms with Crippen molar-refractivity contribution in [2.24, 2.45) is 11.3 Å². The van der Waals surface area contributed by atoms with Gasteiger partial charge >= 0.3 is 0 Å². The summed E-state index contributed by atoms with van der Waals surface area (Å²) in [7, 11) is 0. The lowest BCUT2D eigenvalue weighted by Gasteiger charge is -2.46. The molecule has 2 nitrogen and oxygen atoms in total. The standard InChI is InChI=1S/C14H26N2/c1-11-8-13(10-14(3,4)9-11)16-7-5-6-15-12(16)2/h5,7,11-13,15H,6,8-10H2,1-4H3. The molecule has 1 saturated carbocycles. The Morgan fingerprint density at radius 3 is 2.62 bits per heavy atom. The molecule has 0 aromatic carbocycles. The molecule has 1 aliphatic heterocycles. The summed E-state index contributed by atoms with van der Waals surface area (Å²) in [5.41, 5.74) is 0.507. The van der Waals surface area contributed by atoms with E-state index in [4.69, 9.17) is 0 Å². The highest BCUT2D eigenvalue weighted by Gasteiger charge is 2.35. The molecule has 3 atom stereocenters. The fraction of sp³-hybridized carbons (Fsp3) is 0.857. The number of nitrogens with zero attached hydrogens (tertiary/aromatic N) is 1. The van der Waals surface area contributed by atoms with Gasteiger partial charge in [-0.25, -0.2) is 0 Å². The smallest absolute Gasteiger partial charge is 0.0767 e. The van der Waals surface area contributed by atoms with Crippen molar-refractivity contribution < 1.29 is 0 Å². The molecular formula is C14H26N2. The van der Waals surface area contributed by atoms with E-state index in [0.717, 1.165) is 18.5 Å². The second-order valence-electron chi connectivity index (χ2n) is 6.48. The molecule has 1 aliphatic carbocycles. The highest BCUT2D eigenvalue weighted by Crippen LogP contribution is 2.40. The van der Waals surface area contributed by atoms with Crippen LogP contribution in [0.15, 0.2) is 12.3 Å². The van der Waals surface area contributed by atoms with E-state index in [2.05, 4.69) is 50.2 Å². The molecule has 0 amide bonds. The SMILES string of the molecule is CC1CC(N2C=CCNC2C)CC(C)(C)C1. The Hall–Kier alpha value is -0.500. The van der Waals surface area contributed by atoms with Gasteiger partial charge in [-0.15, -0.1) is 0 Å². The maximum Gasteiger partial charge on any atom is 0.0767 e. The average molecular weight is 222 g/mol. The van der Waals surface area contributed by atoms with E-state index in [1.54, 1.807) is 0 Å². The first-order valence-electron chi connectivity index (χ1n) is 6.65. The van der Waals surface area contributed by atoms with E-state index in [1.165, 1.54) is 19.3 Å². The van der Waals surface area contributed by atoms with Crippen molar-refractivity contribution in [1.29, 1.82) is 0 Å². The summed E-state index contributed by atoms with van der Waals surface area (Å²) in [6, 6.07) is 0.720. The summed E-state index contributed by atoms with van der Waals surface area (Å²) >= 11 is 0. The second kappa shape index (κ2) is 4.40. The predicted octanol–water partition coefficient (Wildman–Crippen LogP) is 2.97. The van der Waals surface area contributed by atoms with Crippen molar-refractivity contribution in [3.05, 3.63) is 12.3 Å². The summed E-state index contributed by atoms with van der Waals surface area (Å²) in [6.45, 7) is 10.5. The van der Waals surface area contributed by atoms with Crippen LogP contribution >= 0.6 is 0 Å². The van der Waals surface area contributed by atoms with Gasteiger partial charge in [0.15, 0.2) is 0 Å². The first kappa shape index (κ1) is 12.0. The van der Waals surface area contributed by atoms with Gasteiger partial charge in [0.05, 0.1) is 6.17 Å². The van der Waals surface area contributed by atoms with Gasteiger partial charge in [0.1, 0.15) is 0 Å². The van der Waals surface area contributed by atoms with Gasteiger partial charge in [-0.05, 0) is 43.7 Å². The monoisotopic (exact) mass is 222 g/mol.